The highest BCUT2D eigenvalue weighted by Gasteiger charge is 2.07. The van der Waals surface area contributed by atoms with Gasteiger partial charge in [-0.15, -0.1) is 0 Å². The molecule has 0 aliphatic heterocycles. The Morgan fingerprint density at radius 2 is 2.00 bits per heavy atom. The number of aryl methyl sites for hydroxylation is 2. The van der Waals surface area contributed by atoms with Crippen molar-refractivity contribution in [2.75, 3.05) is 25.6 Å². The van der Waals surface area contributed by atoms with Crippen molar-refractivity contribution in [3.8, 4) is 0 Å². The van der Waals surface area contributed by atoms with E-state index in [4.69, 9.17) is 4.74 Å². The zero-order valence-electron chi connectivity index (χ0n) is 12.8. The van der Waals surface area contributed by atoms with E-state index in [1.54, 1.807) is 27.2 Å². The van der Waals surface area contributed by atoms with Crippen molar-refractivity contribution in [3.63, 3.8) is 0 Å². The van der Waals surface area contributed by atoms with Gasteiger partial charge in [0.25, 0.3) is 0 Å². The van der Waals surface area contributed by atoms with Gasteiger partial charge in [0.05, 0.1) is 6.54 Å². The Kier molecular flexibility index (Phi) is 5.33. The van der Waals surface area contributed by atoms with E-state index in [2.05, 4.69) is 10.3 Å². The maximum absolute atomic E-state index is 13.7. The third-order valence-electron chi connectivity index (χ3n) is 3.37. The molecule has 4 nitrogen and oxygen atoms in total. The number of methoxy groups -OCH3 is 1. The predicted octanol–water partition coefficient (Wildman–Crippen LogP) is 3.14. The Bertz CT molecular complexity index is 572. The Morgan fingerprint density at radius 3 is 2.67 bits per heavy atom. The van der Waals surface area contributed by atoms with Crippen LogP contribution >= 0.6 is 0 Å². The van der Waals surface area contributed by atoms with Gasteiger partial charge < -0.3 is 14.6 Å². The van der Waals surface area contributed by atoms with E-state index in [0.29, 0.717) is 17.7 Å². The van der Waals surface area contributed by atoms with Crippen LogP contribution in [0.2, 0.25) is 0 Å². The maximum atomic E-state index is 13.7. The molecule has 114 valence electrons. The van der Waals surface area contributed by atoms with Gasteiger partial charge in [-0.1, -0.05) is 12.1 Å². The summed E-state index contributed by atoms with van der Waals surface area (Å²) in [6, 6.07) is 3.77. The number of benzene rings is 1. The quantitative estimate of drug-likeness (QED) is 0.797. The van der Waals surface area contributed by atoms with Crippen LogP contribution in [0.25, 0.3) is 0 Å². The molecular formula is C16H22FN3O. The first kappa shape index (κ1) is 15.5. The Morgan fingerprint density at radius 1 is 1.29 bits per heavy atom. The summed E-state index contributed by atoms with van der Waals surface area (Å²) in [4.78, 5) is 4.31. The van der Waals surface area contributed by atoms with Crippen LogP contribution in [0.5, 0.6) is 0 Å². The first-order valence-corrected chi connectivity index (χ1v) is 7.11. The van der Waals surface area contributed by atoms with E-state index in [-0.39, 0.29) is 5.82 Å². The summed E-state index contributed by atoms with van der Waals surface area (Å²) < 4.78 is 20.7. The number of hydrogen-bond acceptors (Lipinski definition) is 3. The molecule has 0 aliphatic carbocycles. The first-order chi connectivity index (χ1) is 10.1. The van der Waals surface area contributed by atoms with Crippen LogP contribution in [0.3, 0.4) is 0 Å². The zero-order valence-corrected chi connectivity index (χ0v) is 12.8. The second-order valence-corrected chi connectivity index (χ2v) is 5.20. The van der Waals surface area contributed by atoms with Crippen LogP contribution in [-0.4, -0.2) is 29.8 Å². The second kappa shape index (κ2) is 7.22. The van der Waals surface area contributed by atoms with Crippen molar-refractivity contribution in [1.82, 2.24) is 9.55 Å². The molecule has 21 heavy (non-hydrogen) atoms. The number of hydrogen-bond donors (Lipinski definition) is 1. The minimum Gasteiger partial charge on any atom is -0.385 e. The lowest BCUT2D eigenvalue weighted by atomic mass is 10.1. The first-order valence-electron chi connectivity index (χ1n) is 7.11. The molecule has 2 rings (SSSR count). The molecule has 0 unspecified atom stereocenters. The SMILES string of the molecule is COCCCNc1nccn1Cc1cc(C)c(F)c(C)c1. The third-order valence-corrected chi connectivity index (χ3v) is 3.37. The summed E-state index contributed by atoms with van der Waals surface area (Å²) in [5, 5.41) is 3.29. The van der Waals surface area contributed by atoms with Gasteiger partial charge in [-0.25, -0.2) is 9.37 Å². The molecule has 1 N–H and O–H groups in total. The van der Waals surface area contributed by atoms with E-state index in [1.807, 2.05) is 22.9 Å². The average Bonchev–Trinajstić information content (AvgIpc) is 2.88. The molecule has 0 atom stereocenters. The van der Waals surface area contributed by atoms with Gasteiger partial charge in [0.15, 0.2) is 0 Å². The normalized spacial score (nSPS) is 10.9. The summed E-state index contributed by atoms with van der Waals surface area (Å²) in [5.41, 5.74) is 2.43. The van der Waals surface area contributed by atoms with Crippen LogP contribution in [0.15, 0.2) is 24.5 Å². The minimum absolute atomic E-state index is 0.123. The van der Waals surface area contributed by atoms with Crippen LogP contribution < -0.4 is 5.32 Å². The number of nitrogens with zero attached hydrogens (tertiary/aromatic N) is 2. The lowest BCUT2D eigenvalue weighted by Crippen LogP contribution is -2.11. The molecule has 0 fully saturated rings. The standard InChI is InChI=1S/C16H22FN3O/c1-12-9-14(10-13(2)15(12)17)11-20-7-6-19-16(20)18-5-4-8-21-3/h6-7,9-10H,4-5,8,11H2,1-3H3,(H,18,19). The van der Waals surface area contributed by atoms with Crippen molar-refractivity contribution >= 4 is 5.95 Å². The Labute approximate surface area is 125 Å². The summed E-state index contributed by atoms with van der Waals surface area (Å²) >= 11 is 0. The van der Waals surface area contributed by atoms with E-state index >= 15 is 0 Å². The fourth-order valence-electron chi connectivity index (χ4n) is 2.34. The fourth-order valence-corrected chi connectivity index (χ4v) is 2.34. The number of rotatable bonds is 7. The highest BCUT2D eigenvalue weighted by molar-refractivity contribution is 5.33. The topological polar surface area (TPSA) is 39.1 Å². The number of nitrogens with one attached hydrogen (secondary N) is 1. The van der Waals surface area contributed by atoms with Gasteiger partial charge >= 0.3 is 0 Å². The summed E-state index contributed by atoms with van der Waals surface area (Å²) in [6.45, 7) is 5.80. The van der Waals surface area contributed by atoms with Crippen molar-refractivity contribution in [2.24, 2.45) is 0 Å². The monoisotopic (exact) mass is 291 g/mol. The number of anilines is 1. The molecule has 0 amide bonds. The number of imidazole rings is 1. The molecule has 1 heterocycles. The number of aromatic nitrogens is 2. The number of halogens is 1. The van der Waals surface area contributed by atoms with Crippen LogP contribution in [0.4, 0.5) is 10.3 Å². The second-order valence-electron chi connectivity index (χ2n) is 5.20. The van der Waals surface area contributed by atoms with Crippen molar-refractivity contribution in [2.45, 2.75) is 26.8 Å². The summed E-state index contributed by atoms with van der Waals surface area (Å²) in [7, 11) is 1.69. The summed E-state index contributed by atoms with van der Waals surface area (Å²) in [6.07, 6.45) is 4.62. The smallest absolute Gasteiger partial charge is 0.203 e. The predicted molar refractivity (Wildman–Crippen MR) is 82.2 cm³/mol. The molecule has 5 heteroatoms. The van der Waals surface area contributed by atoms with Crippen molar-refractivity contribution < 1.29 is 9.13 Å². The minimum atomic E-state index is -0.123. The van der Waals surface area contributed by atoms with Crippen LogP contribution in [-0.2, 0) is 11.3 Å². The zero-order chi connectivity index (χ0) is 15.2. The lowest BCUT2D eigenvalue weighted by Gasteiger charge is -2.11. The van der Waals surface area contributed by atoms with Gasteiger partial charge in [0.1, 0.15) is 5.82 Å². The van der Waals surface area contributed by atoms with E-state index in [1.165, 1.54) is 0 Å². The lowest BCUT2D eigenvalue weighted by molar-refractivity contribution is 0.197. The van der Waals surface area contributed by atoms with Crippen LogP contribution in [0.1, 0.15) is 23.1 Å². The molecule has 2 aromatic rings. The van der Waals surface area contributed by atoms with Crippen molar-refractivity contribution in [3.05, 3.63) is 47.0 Å². The largest absolute Gasteiger partial charge is 0.385 e. The highest BCUT2D eigenvalue weighted by Crippen LogP contribution is 2.17. The molecule has 1 aromatic carbocycles. The molecular weight excluding hydrogens is 269 g/mol. The fraction of sp³-hybridized carbons (Fsp3) is 0.438. The number of ether oxygens (including phenoxy) is 1. The molecule has 0 saturated carbocycles. The molecule has 1 aromatic heterocycles. The van der Waals surface area contributed by atoms with Gasteiger partial charge in [-0.05, 0) is 37.0 Å². The molecule has 0 aliphatic rings. The Balaban J connectivity index is 2.05. The van der Waals surface area contributed by atoms with E-state index in [9.17, 15) is 4.39 Å². The Hall–Kier alpha value is -1.88. The molecule has 0 radical (unpaired) electrons. The van der Waals surface area contributed by atoms with Crippen molar-refractivity contribution in [1.29, 1.82) is 0 Å². The van der Waals surface area contributed by atoms with E-state index < -0.39 is 0 Å². The van der Waals surface area contributed by atoms with Crippen LogP contribution in [0, 0.1) is 19.7 Å². The van der Waals surface area contributed by atoms with E-state index in [0.717, 1.165) is 31.1 Å². The van der Waals surface area contributed by atoms with Gasteiger partial charge in [-0.2, -0.15) is 0 Å². The summed E-state index contributed by atoms with van der Waals surface area (Å²) in [5.74, 6) is 0.702. The van der Waals surface area contributed by atoms with Gasteiger partial charge in [0, 0.05) is 32.7 Å². The highest BCUT2D eigenvalue weighted by atomic mass is 19.1. The molecule has 0 spiro atoms. The average molecular weight is 291 g/mol. The molecule has 0 bridgehead atoms. The maximum Gasteiger partial charge on any atom is 0.203 e. The van der Waals surface area contributed by atoms with Gasteiger partial charge in [-0.3, -0.25) is 0 Å². The third kappa shape index (κ3) is 4.04. The molecule has 0 saturated heterocycles. The van der Waals surface area contributed by atoms with Gasteiger partial charge in [0.2, 0.25) is 5.95 Å².